The van der Waals surface area contributed by atoms with E-state index in [1.165, 1.54) is 18.3 Å². The van der Waals surface area contributed by atoms with Gasteiger partial charge in [-0.2, -0.15) is 0 Å². The first-order chi connectivity index (χ1) is 9.58. The van der Waals surface area contributed by atoms with Crippen molar-refractivity contribution in [1.82, 2.24) is 10.3 Å². The number of aromatic nitrogens is 1. The van der Waals surface area contributed by atoms with E-state index in [-0.39, 0.29) is 23.8 Å². The van der Waals surface area contributed by atoms with Gasteiger partial charge >= 0.3 is 0 Å². The SMILES string of the molecule is Nc1cccnc1C(=O)NCc1ccc([N+](=O)[O-])cc1. The zero-order valence-corrected chi connectivity index (χ0v) is 10.4. The lowest BCUT2D eigenvalue weighted by atomic mass is 10.2. The Hall–Kier alpha value is -2.96. The third kappa shape index (κ3) is 3.08. The number of hydrogen-bond donors (Lipinski definition) is 2. The number of rotatable bonds is 4. The Morgan fingerprint density at radius 2 is 2.00 bits per heavy atom. The Balaban J connectivity index is 2.00. The second kappa shape index (κ2) is 5.79. The first kappa shape index (κ1) is 13.5. The van der Waals surface area contributed by atoms with Gasteiger partial charge in [-0.15, -0.1) is 0 Å². The Morgan fingerprint density at radius 1 is 1.30 bits per heavy atom. The number of non-ortho nitro benzene ring substituents is 1. The molecule has 2 aromatic rings. The van der Waals surface area contributed by atoms with E-state index >= 15 is 0 Å². The van der Waals surface area contributed by atoms with E-state index in [4.69, 9.17) is 5.73 Å². The number of anilines is 1. The van der Waals surface area contributed by atoms with Gasteiger partial charge in [-0.3, -0.25) is 14.9 Å². The number of nitrogens with one attached hydrogen (secondary N) is 1. The standard InChI is InChI=1S/C13H12N4O3/c14-11-2-1-7-15-12(11)13(18)16-8-9-3-5-10(6-4-9)17(19)20/h1-7H,8,14H2,(H,16,18). The van der Waals surface area contributed by atoms with Crippen LogP contribution in [0.2, 0.25) is 0 Å². The molecule has 7 nitrogen and oxygen atoms in total. The van der Waals surface area contributed by atoms with Crippen molar-refractivity contribution in [1.29, 1.82) is 0 Å². The molecular formula is C13H12N4O3. The van der Waals surface area contributed by atoms with Crippen molar-refractivity contribution in [3.8, 4) is 0 Å². The summed E-state index contributed by atoms with van der Waals surface area (Å²) >= 11 is 0. The maximum Gasteiger partial charge on any atom is 0.272 e. The summed E-state index contributed by atoms with van der Waals surface area (Å²) in [5.74, 6) is -0.388. The molecule has 0 bridgehead atoms. The van der Waals surface area contributed by atoms with Crippen LogP contribution in [-0.4, -0.2) is 15.8 Å². The van der Waals surface area contributed by atoms with Crippen LogP contribution in [0.3, 0.4) is 0 Å². The maximum atomic E-state index is 11.9. The summed E-state index contributed by atoms with van der Waals surface area (Å²) in [6.45, 7) is 0.243. The zero-order valence-electron chi connectivity index (χ0n) is 10.4. The van der Waals surface area contributed by atoms with E-state index < -0.39 is 4.92 Å². The van der Waals surface area contributed by atoms with Gasteiger partial charge in [0, 0.05) is 24.9 Å². The van der Waals surface area contributed by atoms with E-state index in [1.54, 1.807) is 24.3 Å². The molecule has 0 spiro atoms. The summed E-state index contributed by atoms with van der Waals surface area (Å²) in [7, 11) is 0. The first-order valence-corrected chi connectivity index (χ1v) is 5.80. The fourth-order valence-electron chi connectivity index (χ4n) is 1.61. The molecule has 2 rings (SSSR count). The van der Waals surface area contributed by atoms with Gasteiger partial charge in [0.2, 0.25) is 0 Å². The second-order valence-electron chi connectivity index (χ2n) is 4.05. The van der Waals surface area contributed by atoms with Crippen molar-refractivity contribution in [2.75, 3.05) is 5.73 Å². The number of nitro benzene ring substituents is 1. The number of nitro groups is 1. The average molecular weight is 272 g/mol. The van der Waals surface area contributed by atoms with Gasteiger partial charge in [0.1, 0.15) is 0 Å². The third-order valence-corrected chi connectivity index (χ3v) is 2.65. The monoisotopic (exact) mass is 272 g/mol. The summed E-state index contributed by atoms with van der Waals surface area (Å²) in [4.78, 5) is 25.8. The quantitative estimate of drug-likeness (QED) is 0.647. The van der Waals surface area contributed by atoms with Crippen LogP contribution in [0.5, 0.6) is 0 Å². The van der Waals surface area contributed by atoms with Crippen molar-refractivity contribution in [3.63, 3.8) is 0 Å². The fraction of sp³-hybridized carbons (Fsp3) is 0.0769. The van der Waals surface area contributed by atoms with E-state index in [0.717, 1.165) is 5.56 Å². The van der Waals surface area contributed by atoms with Crippen LogP contribution in [-0.2, 0) is 6.54 Å². The Kier molecular flexibility index (Phi) is 3.90. The lowest BCUT2D eigenvalue weighted by Crippen LogP contribution is -2.24. The number of amides is 1. The van der Waals surface area contributed by atoms with Crippen molar-refractivity contribution < 1.29 is 9.72 Å². The van der Waals surface area contributed by atoms with E-state index in [2.05, 4.69) is 10.3 Å². The number of pyridine rings is 1. The normalized spacial score (nSPS) is 10.0. The fourth-order valence-corrected chi connectivity index (χ4v) is 1.61. The highest BCUT2D eigenvalue weighted by Crippen LogP contribution is 2.12. The molecule has 1 aromatic carbocycles. The molecule has 0 aliphatic rings. The average Bonchev–Trinajstić information content (AvgIpc) is 2.45. The summed E-state index contributed by atoms with van der Waals surface area (Å²) in [5, 5.41) is 13.2. The van der Waals surface area contributed by atoms with Gasteiger partial charge in [0.15, 0.2) is 5.69 Å². The molecule has 1 amide bonds. The van der Waals surface area contributed by atoms with Crippen molar-refractivity contribution in [2.24, 2.45) is 0 Å². The summed E-state index contributed by atoms with van der Waals surface area (Å²) in [6.07, 6.45) is 1.48. The lowest BCUT2D eigenvalue weighted by molar-refractivity contribution is -0.384. The van der Waals surface area contributed by atoms with E-state index in [1.807, 2.05) is 0 Å². The molecule has 0 aliphatic carbocycles. The number of nitrogens with zero attached hydrogens (tertiary/aromatic N) is 2. The van der Waals surface area contributed by atoms with Crippen LogP contribution in [0.1, 0.15) is 16.1 Å². The zero-order chi connectivity index (χ0) is 14.5. The number of hydrogen-bond acceptors (Lipinski definition) is 5. The minimum atomic E-state index is -0.475. The van der Waals surface area contributed by atoms with Gasteiger partial charge < -0.3 is 11.1 Å². The van der Waals surface area contributed by atoms with Crippen LogP contribution in [0, 0.1) is 10.1 Å². The Labute approximate surface area is 114 Å². The smallest absolute Gasteiger partial charge is 0.272 e. The highest BCUT2D eigenvalue weighted by atomic mass is 16.6. The molecule has 7 heteroatoms. The molecule has 0 unspecified atom stereocenters. The summed E-state index contributed by atoms with van der Waals surface area (Å²) < 4.78 is 0. The Morgan fingerprint density at radius 3 is 2.60 bits per heavy atom. The number of carbonyl (C=O) groups excluding carboxylic acids is 1. The van der Waals surface area contributed by atoms with Crippen LogP contribution >= 0.6 is 0 Å². The summed E-state index contributed by atoms with van der Waals surface area (Å²) in [5.41, 5.74) is 6.86. The highest BCUT2D eigenvalue weighted by Gasteiger charge is 2.10. The lowest BCUT2D eigenvalue weighted by Gasteiger charge is -2.06. The predicted octanol–water partition coefficient (Wildman–Crippen LogP) is 1.50. The predicted molar refractivity (Wildman–Crippen MR) is 72.9 cm³/mol. The van der Waals surface area contributed by atoms with Gasteiger partial charge in [0.05, 0.1) is 10.6 Å². The van der Waals surface area contributed by atoms with Gasteiger partial charge in [-0.05, 0) is 17.7 Å². The molecule has 20 heavy (non-hydrogen) atoms. The van der Waals surface area contributed by atoms with Gasteiger partial charge in [-0.1, -0.05) is 12.1 Å². The van der Waals surface area contributed by atoms with Crippen molar-refractivity contribution in [2.45, 2.75) is 6.54 Å². The van der Waals surface area contributed by atoms with Gasteiger partial charge in [-0.25, -0.2) is 4.98 Å². The number of nitrogens with two attached hydrogens (primary N) is 1. The molecule has 1 aromatic heterocycles. The number of nitrogen functional groups attached to an aromatic ring is 1. The molecule has 1 heterocycles. The molecule has 0 saturated heterocycles. The summed E-state index contributed by atoms with van der Waals surface area (Å²) in [6, 6.07) is 9.17. The van der Waals surface area contributed by atoms with Crippen LogP contribution in [0.15, 0.2) is 42.6 Å². The third-order valence-electron chi connectivity index (χ3n) is 2.65. The molecule has 0 radical (unpaired) electrons. The molecule has 0 saturated carbocycles. The molecule has 0 aliphatic heterocycles. The minimum absolute atomic E-state index is 0.00838. The second-order valence-corrected chi connectivity index (χ2v) is 4.05. The minimum Gasteiger partial charge on any atom is -0.397 e. The number of benzene rings is 1. The van der Waals surface area contributed by atoms with Crippen molar-refractivity contribution >= 4 is 17.3 Å². The van der Waals surface area contributed by atoms with Crippen LogP contribution < -0.4 is 11.1 Å². The Bertz CT molecular complexity index is 640. The van der Waals surface area contributed by atoms with E-state index in [0.29, 0.717) is 5.69 Å². The molecule has 102 valence electrons. The maximum absolute atomic E-state index is 11.9. The molecule has 3 N–H and O–H groups in total. The molecule has 0 fully saturated rings. The van der Waals surface area contributed by atoms with Crippen LogP contribution in [0.4, 0.5) is 11.4 Å². The largest absolute Gasteiger partial charge is 0.397 e. The topological polar surface area (TPSA) is 111 Å². The van der Waals surface area contributed by atoms with Gasteiger partial charge in [0.25, 0.3) is 11.6 Å². The highest BCUT2D eigenvalue weighted by molar-refractivity contribution is 5.96. The molecule has 0 atom stereocenters. The first-order valence-electron chi connectivity index (χ1n) is 5.80. The van der Waals surface area contributed by atoms with Crippen LogP contribution in [0.25, 0.3) is 0 Å². The molecular weight excluding hydrogens is 260 g/mol. The van der Waals surface area contributed by atoms with Crippen molar-refractivity contribution in [3.05, 3.63) is 64.0 Å². The van der Waals surface area contributed by atoms with E-state index in [9.17, 15) is 14.9 Å². The number of carbonyl (C=O) groups is 1.